The second-order valence-corrected chi connectivity index (χ2v) is 15.2. The van der Waals surface area contributed by atoms with Crippen LogP contribution in [0.15, 0.2) is 24.8 Å². The zero-order valence-electron chi connectivity index (χ0n) is 17.9. The Morgan fingerprint density at radius 2 is 2.00 bits per heavy atom. The standard InChI is InChI=1S/C21H37NO3SSi/c1-8-18-12-17(10-9-11-27(5,6)7)13-19(18)14-22(16(2)23)20(15-26-4)21(24)25-3/h8-10,17-20H,1,11-15H2,2-7H3/b10-9-/t17-,18+,19?,20?/m0/s1. The lowest BCUT2D eigenvalue weighted by atomic mass is 9.95. The van der Waals surface area contributed by atoms with E-state index in [1.165, 1.54) is 13.2 Å². The molecule has 1 saturated carbocycles. The number of methoxy groups -OCH3 is 1. The first-order valence-corrected chi connectivity index (χ1v) is 14.9. The van der Waals surface area contributed by atoms with Crippen molar-refractivity contribution in [2.24, 2.45) is 17.8 Å². The first kappa shape index (κ1) is 24.0. The van der Waals surface area contributed by atoms with Crippen molar-refractivity contribution in [2.75, 3.05) is 25.7 Å². The van der Waals surface area contributed by atoms with Crippen LogP contribution in [0, 0.1) is 17.8 Å². The SMILES string of the molecule is C=C[C@@H]1C[C@H](/C=C\C[Si](C)(C)C)CC1CN(C(C)=O)C(CSC)C(=O)OC. The summed E-state index contributed by atoms with van der Waals surface area (Å²) in [6.07, 6.45) is 10.8. The number of amides is 1. The Morgan fingerprint density at radius 3 is 2.48 bits per heavy atom. The molecule has 0 saturated heterocycles. The maximum absolute atomic E-state index is 12.3. The molecule has 0 bridgehead atoms. The monoisotopic (exact) mass is 411 g/mol. The predicted molar refractivity (Wildman–Crippen MR) is 119 cm³/mol. The predicted octanol–water partition coefficient (Wildman–Crippen LogP) is 4.46. The molecule has 0 N–H and O–H groups in total. The molecule has 1 rings (SSSR count). The number of esters is 1. The highest BCUT2D eigenvalue weighted by molar-refractivity contribution is 7.98. The van der Waals surface area contributed by atoms with Crippen LogP contribution in [0.3, 0.4) is 0 Å². The summed E-state index contributed by atoms with van der Waals surface area (Å²) in [5.74, 6) is 1.39. The van der Waals surface area contributed by atoms with Crippen LogP contribution in [0.25, 0.3) is 0 Å². The molecule has 0 aromatic carbocycles. The molecular weight excluding hydrogens is 374 g/mol. The molecular formula is C21H37NO3SSi. The molecule has 0 aromatic rings. The fraction of sp³-hybridized carbons (Fsp3) is 0.714. The van der Waals surface area contributed by atoms with E-state index in [1.54, 1.807) is 23.6 Å². The Morgan fingerprint density at radius 1 is 1.33 bits per heavy atom. The van der Waals surface area contributed by atoms with Gasteiger partial charge in [-0.1, -0.05) is 37.9 Å². The lowest BCUT2D eigenvalue weighted by Gasteiger charge is -2.32. The lowest BCUT2D eigenvalue weighted by Crippen LogP contribution is -2.48. The Balaban J connectivity index is 2.86. The summed E-state index contributed by atoms with van der Waals surface area (Å²) in [6.45, 7) is 13.3. The van der Waals surface area contributed by atoms with Crippen LogP contribution >= 0.6 is 11.8 Å². The molecule has 27 heavy (non-hydrogen) atoms. The highest BCUT2D eigenvalue weighted by atomic mass is 32.2. The molecule has 4 nitrogen and oxygen atoms in total. The quantitative estimate of drug-likeness (QED) is 0.302. The van der Waals surface area contributed by atoms with Crippen molar-refractivity contribution in [3.8, 4) is 0 Å². The normalized spacial score (nSPS) is 24.0. The van der Waals surface area contributed by atoms with Crippen LogP contribution in [0.1, 0.15) is 19.8 Å². The van der Waals surface area contributed by atoms with Gasteiger partial charge in [0.15, 0.2) is 0 Å². The zero-order valence-corrected chi connectivity index (χ0v) is 19.7. The van der Waals surface area contributed by atoms with Gasteiger partial charge in [0.25, 0.3) is 0 Å². The van der Waals surface area contributed by atoms with Gasteiger partial charge < -0.3 is 9.64 Å². The number of nitrogens with zero attached hydrogens (tertiary/aromatic N) is 1. The van der Waals surface area contributed by atoms with Gasteiger partial charge in [0, 0.05) is 27.3 Å². The molecule has 0 aliphatic heterocycles. The minimum absolute atomic E-state index is 0.0695. The summed E-state index contributed by atoms with van der Waals surface area (Å²) in [6, 6.07) is 0.680. The number of allylic oxidation sites excluding steroid dienone is 3. The Kier molecular flexibility index (Phi) is 9.88. The molecule has 0 aromatic heterocycles. The number of hydrogen-bond acceptors (Lipinski definition) is 4. The summed E-state index contributed by atoms with van der Waals surface area (Å²) in [7, 11) is 0.317. The molecule has 1 amide bonds. The Hall–Kier alpha value is -1.01. The molecule has 154 valence electrons. The summed E-state index contributed by atoms with van der Waals surface area (Å²) >= 11 is 1.56. The van der Waals surface area contributed by atoms with Crippen molar-refractivity contribution in [3.05, 3.63) is 24.8 Å². The van der Waals surface area contributed by atoms with E-state index >= 15 is 0 Å². The van der Waals surface area contributed by atoms with E-state index in [4.69, 9.17) is 4.74 Å². The van der Waals surface area contributed by atoms with Crippen LogP contribution in [0.2, 0.25) is 25.7 Å². The maximum Gasteiger partial charge on any atom is 0.329 e. The number of ether oxygens (including phenoxy) is 1. The van der Waals surface area contributed by atoms with Gasteiger partial charge in [-0.05, 0) is 42.9 Å². The van der Waals surface area contributed by atoms with Crippen LogP contribution in [0.5, 0.6) is 0 Å². The topological polar surface area (TPSA) is 46.6 Å². The average molecular weight is 412 g/mol. The van der Waals surface area contributed by atoms with E-state index in [0.717, 1.165) is 12.8 Å². The second kappa shape index (κ2) is 11.1. The van der Waals surface area contributed by atoms with Crippen molar-refractivity contribution in [3.63, 3.8) is 0 Å². The zero-order chi connectivity index (χ0) is 20.6. The fourth-order valence-electron chi connectivity index (χ4n) is 3.78. The molecule has 0 radical (unpaired) electrons. The number of thioether (sulfide) groups is 1. The molecule has 4 atom stereocenters. The van der Waals surface area contributed by atoms with Gasteiger partial charge in [0.1, 0.15) is 6.04 Å². The molecule has 1 aliphatic rings. The van der Waals surface area contributed by atoms with Gasteiger partial charge in [-0.2, -0.15) is 11.8 Å². The van der Waals surface area contributed by atoms with Crippen molar-refractivity contribution in [1.82, 2.24) is 4.90 Å². The minimum atomic E-state index is -1.07. The average Bonchev–Trinajstić information content (AvgIpc) is 2.97. The van der Waals surface area contributed by atoms with Crippen molar-refractivity contribution in [2.45, 2.75) is 51.5 Å². The minimum Gasteiger partial charge on any atom is -0.467 e. The first-order valence-electron chi connectivity index (χ1n) is 9.76. The maximum atomic E-state index is 12.3. The smallest absolute Gasteiger partial charge is 0.329 e. The van der Waals surface area contributed by atoms with Crippen LogP contribution in [0.4, 0.5) is 0 Å². The highest BCUT2D eigenvalue weighted by Gasteiger charge is 2.36. The molecule has 1 fully saturated rings. The second-order valence-electron chi connectivity index (χ2n) is 8.75. The van der Waals surface area contributed by atoms with E-state index in [-0.39, 0.29) is 11.9 Å². The van der Waals surface area contributed by atoms with E-state index in [0.29, 0.717) is 30.1 Å². The van der Waals surface area contributed by atoms with E-state index in [9.17, 15) is 9.59 Å². The van der Waals surface area contributed by atoms with Crippen LogP contribution < -0.4 is 0 Å². The van der Waals surface area contributed by atoms with E-state index in [2.05, 4.69) is 38.4 Å². The Labute approximate surface area is 170 Å². The number of rotatable bonds is 10. The van der Waals surface area contributed by atoms with Gasteiger partial charge >= 0.3 is 5.97 Å². The number of carbonyl (C=O) groups is 2. The van der Waals surface area contributed by atoms with Gasteiger partial charge in [-0.3, -0.25) is 4.79 Å². The van der Waals surface area contributed by atoms with Crippen molar-refractivity contribution < 1.29 is 14.3 Å². The molecule has 0 spiro atoms. The number of hydrogen-bond donors (Lipinski definition) is 0. The third kappa shape index (κ3) is 7.86. The van der Waals surface area contributed by atoms with Crippen LogP contribution in [-0.4, -0.2) is 56.6 Å². The molecule has 0 heterocycles. The van der Waals surface area contributed by atoms with E-state index < -0.39 is 14.1 Å². The van der Waals surface area contributed by atoms with E-state index in [1.807, 2.05) is 12.3 Å². The fourth-order valence-corrected chi connectivity index (χ4v) is 5.25. The van der Waals surface area contributed by atoms with Gasteiger partial charge in [0.2, 0.25) is 5.91 Å². The first-order chi connectivity index (χ1) is 12.6. The van der Waals surface area contributed by atoms with Gasteiger partial charge in [-0.15, -0.1) is 6.58 Å². The van der Waals surface area contributed by atoms with Gasteiger partial charge in [0.05, 0.1) is 7.11 Å². The highest BCUT2D eigenvalue weighted by Crippen LogP contribution is 2.39. The summed E-state index contributed by atoms with van der Waals surface area (Å²) in [4.78, 5) is 26.2. The van der Waals surface area contributed by atoms with Crippen LogP contribution in [-0.2, 0) is 14.3 Å². The summed E-state index contributed by atoms with van der Waals surface area (Å²) in [5.41, 5.74) is 0. The summed E-state index contributed by atoms with van der Waals surface area (Å²) in [5, 5.41) is 0. The molecule has 2 unspecified atom stereocenters. The Bertz CT molecular complexity index is 544. The summed E-state index contributed by atoms with van der Waals surface area (Å²) < 4.78 is 4.95. The molecule has 1 aliphatic carbocycles. The third-order valence-electron chi connectivity index (χ3n) is 5.24. The largest absolute Gasteiger partial charge is 0.467 e. The number of carbonyl (C=O) groups excluding carboxylic acids is 2. The molecule has 6 heteroatoms. The van der Waals surface area contributed by atoms with Crippen molar-refractivity contribution >= 4 is 31.7 Å². The van der Waals surface area contributed by atoms with Crippen molar-refractivity contribution in [1.29, 1.82) is 0 Å². The van der Waals surface area contributed by atoms with Gasteiger partial charge in [-0.25, -0.2) is 4.79 Å². The lowest BCUT2D eigenvalue weighted by molar-refractivity contribution is -0.151. The third-order valence-corrected chi connectivity index (χ3v) is 7.35.